The van der Waals surface area contributed by atoms with Gasteiger partial charge >= 0.3 is 0 Å². The number of rotatable bonds is 4. The van der Waals surface area contributed by atoms with Crippen molar-refractivity contribution in [3.05, 3.63) is 23.7 Å². The number of carbonyl (C=O) groups is 2. The number of amides is 2. The van der Waals surface area contributed by atoms with Gasteiger partial charge in [0.05, 0.1) is 12.4 Å². The van der Waals surface area contributed by atoms with Crippen molar-refractivity contribution in [1.82, 2.24) is 4.90 Å². The van der Waals surface area contributed by atoms with E-state index < -0.39 is 6.10 Å². The quantitative estimate of drug-likeness (QED) is 0.915. The Morgan fingerprint density at radius 2 is 1.92 bits per heavy atom. The minimum Gasteiger partial charge on any atom is -0.459 e. The molecule has 0 unspecified atom stereocenters. The molecule has 2 fully saturated rings. The lowest BCUT2D eigenvalue weighted by Gasteiger charge is -2.34. The molecule has 2 amide bonds. The zero-order chi connectivity index (χ0) is 17.3. The molecule has 1 aromatic rings. The third kappa shape index (κ3) is 3.34. The van der Waals surface area contributed by atoms with Crippen LogP contribution in [-0.4, -0.2) is 42.0 Å². The normalized spacial score (nSPS) is 25.4. The molecule has 2 aliphatic heterocycles. The SMILES string of the molecule is CC(C)c1ccoc1C(=O)N1CCC([C@@H]2CC[C@H](C(N)=O)O2)CC1. The number of nitrogens with zero attached hydrogens (tertiary/aromatic N) is 1. The fraction of sp³-hybridized carbons (Fsp3) is 0.667. The molecular weight excluding hydrogens is 308 g/mol. The monoisotopic (exact) mass is 334 g/mol. The number of piperidine rings is 1. The Morgan fingerprint density at radius 3 is 2.50 bits per heavy atom. The van der Waals surface area contributed by atoms with Gasteiger partial charge in [0.2, 0.25) is 5.91 Å². The van der Waals surface area contributed by atoms with Crippen molar-refractivity contribution in [1.29, 1.82) is 0 Å². The third-order valence-electron chi connectivity index (χ3n) is 5.23. The van der Waals surface area contributed by atoms with Gasteiger partial charge < -0.3 is 19.8 Å². The number of furan rings is 1. The standard InChI is InChI=1S/C18H26N2O4/c1-11(2)13-7-10-23-16(13)18(22)20-8-5-12(6-9-20)14-3-4-15(24-14)17(19)21/h7,10-12,14-15H,3-6,8-9H2,1-2H3,(H2,19,21)/t14-,15+/m0/s1. The second kappa shape index (κ2) is 6.97. The first-order chi connectivity index (χ1) is 11.5. The molecule has 2 aliphatic rings. The van der Waals surface area contributed by atoms with E-state index >= 15 is 0 Å². The van der Waals surface area contributed by atoms with Gasteiger partial charge in [0.15, 0.2) is 5.76 Å². The average molecular weight is 334 g/mol. The lowest BCUT2D eigenvalue weighted by Crippen LogP contribution is -2.41. The molecule has 0 saturated carbocycles. The Labute approximate surface area is 142 Å². The molecule has 0 bridgehead atoms. The number of primary amides is 1. The summed E-state index contributed by atoms with van der Waals surface area (Å²) in [5.74, 6) is 0.723. The van der Waals surface area contributed by atoms with Crippen molar-refractivity contribution in [2.75, 3.05) is 13.1 Å². The van der Waals surface area contributed by atoms with Crippen LogP contribution in [0.15, 0.2) is 16.7 Å². The highest BCUT2D eigenvalue weighted by molar-refractivity contribution is 5.93. The molecule has 3 rings (SSSR count). The number of hydrogen-bond acceptors (Lipinski definition) is 4. The molecule has 24 heavy (non-hydrogen) atoms. The number of nitrogens with two attached hydrogens (primary N) is 1. The maximum atomic E-state index is 12.7. The van der Waals surface area contributed by atoms with Gasteiger partial charge in [-0.3, -0.25) is 9.59 Å². The lowest BCUT2D eigenvalue weighted by atomic mass is 9.89. The summed E-state index contributed by atoms with van der Waals surface area (Å²) in [7, 11) is 0. The maximum Gasteiger partial charge on any atom is 0.289 e. The highest BCUT2D eigenvalue weighted by Gasteiger charge is 2.37. The minimum absolute atomic E-state index is 0.0236. The van der Waals surface area contributed by atoms with E-state index in [4.69, 9.17) is 14.9 Å². The van der Waals surface area contributed by atoms with E-state index in [1.54, 1.807) is 6.26 Å². The van der Waals surface area contributed by atoms with Gasteiger partial charge in [-0.05, 0) is 43.6 Å². The van der Waals surface area contributed by atoms with Gasteiger partial charge in [0.1, 0.15) is 6.10 Å². The van der Waals surface area contributed by atoms with E-state index in [1.165, 1.54) is 0 Å². The molecule has 2 N–H and O–H groups in total. The molecule has 1 aromatic heterocycles. The summed E-state index contributed by atoms with van der Waals surface area (Å²) in [6.45, 7) is 5.51. The van der Waals surface area contributed by atoms with Crippen LogP contribution >= 0.6 is 0 Å². The van der Waals surface area contributed by atoms with Crippen LogP contribution in [0.4, 0.5) is 0 Å². The zero-order valence-electron chi connectivity index (χ0n) is 14.4. The molecule has 3 heterocycles. The van der Waals surface area contributed by atoms with Crippen molar-refractivity contribution in [3.63, 3.8) is 0 Å². The number of hydrogen-bond donors (Lipinski definition) is 1. The Bertz CT molecular complexity index is 602. The highest BCUT2D eigenvalue weighted by Crippen LogP contribution is 2.32. The average Bonchev–Trinajstić information content (AvgIpc) is 3.23. The molecular formula is C18H26N2O4. The van der Waals surface area contributed by atoms with Crippen LogP contribution < -0.4 is 5.73 Å². The van der Waals surface area contributed by atoms with Gasteiger partial charge in [-0.2, -0.15) is 0 Å². The van der Waals surface area contributed by atoms with E-state index in [0.29, 0.717) is 31.2 Å². The second-order valence-corrected chi connectivity index (χ2v) is 7.13. The smallest absolute Gasteiger partial charge is 0.289 e. The van der Waals surface area contributed by atoms with Crippen LogP contribution in [-0.2, 0) is 9.53 Å². The molecule has 0 spiro atoms. The first-order valence-electron chi connectivity index (χ1n) is 8.78. The van der Waals surface area contributed by atoms with Crippen molar-refractivity contribution in [2.24, 2.45) is 11.7 Å². The van der Waals surface area contributed by atoms with Crippen LogP contribution in [0.3, 0.4) is 0 Å². The molecule has 0 radical (unpaired) electrons. The van der Waals surface area contributed by atoms with E-state index in [2.05, 4.69) is 13.8 Å². The van der Waals surface area contributed by atoms with Gasteiger partial charge in [0.25, 0.3) is 5.91 Å². The summed E-state index contributed by atoms with van der Waals surface area (Å²) in [6.07, 6.45) is 4.61. The summed E-state index contributed by atoms with van der Waals surface area (Å²) >= 11 is 0. The van der Waals surface area contributed by atoms with Gasteiger partial charge in [-0.1, -0.05) is 13.8 Å². The number of likely N-dealkylation sites (tertiary alicyclic amines) is 1. The fourth-order valence-corrected chi connectivity index (χ4v) is 3.78. The number of ether oxygens (including phenoxy) is 1. The molecule has 6 nitrogen and oxygen atoms in total. The van der Waals surface area contributed by atoms with Crippen LogP contribution in [0, 0.1) is 5.92 Å². The second-order valence-electron chi connectivity index (χ2n) is 7.13. The van der Waals surface area contributed by atoms with Gasteiger partial charge in [0, 0.05) is 18.7 Å². The Balaban J connectivity index is 1.56. The number of carbonyl (C=O) groups excluding carboxylic acids is 2. The summed E-state index contributed by atoms with van der Waals surface area (Å²) < 4.78 is 11.2. The van der Waals surface area contributed by atoms with E-state index in [-0.39, 0.29) is 23.8 Å². The van der Waals surface area contributed by atoms with Crippen LogP contribution in [0.2, 0.25) is 0 Å². The van der Waals surface area contributed by atoms with Gasteiger partial charge in [-0.25, -0.2) is 0 Å². The Morgan fingerprint density at radius 1 is 1.21 bits per heavy atom. The first-order valence-corrected chi connectivity index (χ1v) is 8.78. The highest BCUT2D eigenvalue weighted by atomic mass is 16.5. The van der Waals surface area contributed by atoms with E-state index in [9.17, 15) is 9.59 Å². The molecule has 2 atom stereocenters. The van der Waals surface area contributed by atoms with Crippen LogP contribution in [0.25, 0.3) is 0 Å². The Kier molecular flexibility index (Phi) is 4.94. The van der Waals surface area contributed by atoms with E-state index in [1.807, 2.05) is 11.0 Å². The summed E-state index contributed by atoms with van der Waals surface area (Å²) in [6, 6.07) is 1.88. The summed E-state index contributed by atoms with van der Waals surface area (Å²) in [5, 5.41) is 0. The van der Waals surface area contributed by atoms with Crippen molar-refractivity contribution >= 4 is 11.8 Å². The predicted molar refractivity (Wildman–Crippen MR) is 88.5 cm³/mol. The fourth-order valence-electron chi connectivity index (χ4n) is 3.78. The Hall–Kier alpha value is -1.82. The summed E-state index contributed by atoms with van der Waals surface area (Å²) in [5.41, 5.74) is 6.28. The molecule has 2 saturated heterocycles. The van der Waals surface area contributed by atoms with Crippen molar-refractivity contribution in [2.45, 2.75) is 57.7 Å². The first kappa shape index (κ1) is 17.0. The maximum absolute atomic E-state index is 12.7. The van der Waals surface area contributed by atoms with Crippen molar-refractivity contribution < 1.29 is 18.7 Å². The molecule has 0 aliphatic carbocycles. The predicted octanol–water partition coefficient (Wildman–Crippen LogP) is 2.29. The van der Waals surface area contributed by atoms with Crippen LogP contribution in [0.5, 0.6) is 0 Å². The molecule has 0 aromatic carbocycles. The minimum atomic E-state index is -0.439. The molecule has 6 heteroatoms. The van der Waals surface area contributed by atoms with Crippen molar-refractivity contribution in [3.8, 4) is 0 Å². The van der Waals surface area contributed by atoms with Gasteiger partial charge in [-0.15, -0.1) is 0 Å². The lowest BCUT2D eigenvalue weighted by molar-refractivity contribution is -0.130. The third-order valence-corrected chi connectivity index (χ3v) is 5.23. The largest absolute Gasteiger partial charge is 0.459 e. The molecule has 132 valence electrons. The summed E-state index contributed by atoms with van der Waals surface area (Å²) in [4.78, 5) is 25.8. The van der Waals surface area contributed by atoms with E-state index in [0.717, 1.165) is 24.8 Å². The zero-order valence-corrected chi connectivity index (χ0v) is 14.4. The topological polar surface area (TPSA) is 85.8 Å². The van der Waals surface area contributed by atoms with Crippen LogP contribution in [0.1, 0.15) is 61.6 Å².